The van der Waals surface area contributed by atoms with Crippen LogP contribution in [0.1, 0.15) is 58.4 Å². The van der Waals surface area contributed by atoms with Gasteiger partial charge >= 0.3 is 0 Å². The summed E-state index contributed by atoms with van der Waals surface area (Å²) in [6.07, 6.45) is 7.30. The van der Waals surface area contributed by atoms with Gasteiger partial charge in [0.2, 0.25) is 5.91 Å². The smallest absolute Gasteiger partial charge is 0.230 e. The number of para-hydroxylation sites is 1. The molecule has 0 unspecified atom stereocenters. The van der Waals surface area contributed by atoms with Gasteiger partial charge in [-0.05, 0) is 18.9 Å². The highest BCUT2D eigenvalue weighted by Crippen LogP contribution is 2.40. The lowest BCUT2D eigenvalue weighted by atomic mass is 9.87. The number of anilines is 1. The monoisotopic (exact) mass is 423 g/mol. The van der Waals surface area contributed by atoms with E-state index in [4.69, 9.17) is 4.98 Å². The molecule has 30 heavy (non-hydrogen) atoms. The van der Waals surface area contributed by atoms with Gasteiger partial charge in [0.05, 0.1) is 23.7 Å². The van der Waals surface area contributed by atoms with Crippen molar-refractivity contribution in [3.8, 4) is 11.3 Å². The fourth-order valence-corrected chi connectivity index (χ4v) is 5.06. The molecule has 1 aromatic carbocycles. The Kier molecular flexibility index (Phi) is 5.96. The molecule has 1 amide bonds. The molecule has 1 saturated carbocycles. The van der Waals surface area contributed by atoms with Gasteiger partial charge in [0, 0.05) is 28.7 Å². The normalized spacial score (nSPS) is 16.7. The summed E-state index contributed by atoms with van der Waals surface area (Å²) < 4.78 is 0. The lowest BCUT2D eigenvalue weighted by molar-refractivity contribution is -0.124. The topological polar surface area (TPSA) is 63.2 Å². The highest BCUT2D eigenvalue weighted by atomic mass is 32.2. The van der Waals surface area contributed by atoms with Gasteiger partial charge in [-0.25, -0.2) is 9.97 Å². The first kappa shape index (κ1) is 21.0. The number of fused-ring (bicyclic) bond motifs is 3. The molecule has 1 aliphatic heterocycles. The van der Waals surface area contributed by atoms with Crippen molar-refractivity contribution in [1.82, 2.24) is 9.97 Å². The summed E-state index contributed by atoms with van der Waals surface area (Å²) in [6.45, 7) is 6.29. The molecule has 4 rings (SSSR count). The molecule has 2 heterocycles. The maximum atomic E-state index is 13.3. The van der Waals surface area contributed by atoms with E-state index in [1.165, 1.54) is 18.2 Å². The van der Waals surface area contributed by atoms with Gasteiger partial charge in [-0.2, -0.15) is 0 Å². The number of amides is 1. The van der Waals surface area contributed by atoms with Gasteiger partial charge in [0.1, 0.15) is 5.78 Å². The summed E-state index contributed by atoms with van der Waals surface area (Å²) in [6, 6.07) is 7.99. The van der Waals surface area contributed by atoms with E-state index in [2.05, 4.69) is 4.98 Å². The lowest BCUT2D eigenvalue weighted by Gasteiger charge is -2.34. The van der Waals surface area contributed by atoms with Crippen molar-refractivity contribution < 1.29 is 9.59 Å². The zero-order chi connectivity index (χ0) is 21.3. The molecule has 0 bridgehead atoms. The molecule has 0 saturated heterocycles. The molecule has 0 radical (unpaired) electrons. The zero-order valence-electron chi connectivity index (χ0n) is 18.0. The number of ketones is 1. The Bertz CT molecular complexity index is 961. The molecule has 0 spiro atoms. The third kappa shape index (κ3) is 4.29. The molecule has 1 fully saturated rings. The van der Waals surface area contributed by atoms with Crippen LogP contribution in [-0.2, 0) is 16.1 Å². The maximum absolute atomic E-state index is 13.3. The first-order valence-electron chi connectivity index (χ1n) is 10.8. The average Bonchev–Trinajstić information content (AvgIpc) is 2.76. The van der Waals surface area contributed by atoms with Crippen LogP contribution in [0.5, 0.6) is 0 Å². The van der Waals surface area contributed by atoms with Crippen molar-refractivity contribution in [1.29, 1.82) is 0 Å². The van der Waals surface area contributed by atoms with Crippen LogP contribution in [0.4, 0.5) is 5.69 Å². The summed E-state index contributed by atoms with van der Waals surface area (Å²) in [7, 11) is 0. The Balaban J connectivity index is 1.60. The molecule has 5 nitrogen and oxygen atoms in total. The van der Waals surface area contributed by atoms with Crippen LogP contribution in [0, 0.1) is 11.3 Å². The fourth-order valence-electron chi connectivity index (χ4n) is 4.09. The summed E-state index contributed by atoms with van der Waals surface area (Å²) in [5.41, 5.74) is 3.37. The Labute approximate surface area is 182 Å². The van der Waals surface area contributed by atoms with E-state index in [-0.39, 0.29) is 23.0 Å². The van der Waals surface area contributed by atoms with Gasteiger partial charge in [-0.15, -0.1) is 0 Å². The van der Waals surface area contributed by atoms with Gasteiger partial charge in [0.25, 0.3) is 0 Å². The number of rotatable bonds is 4. The molecule has 0 N–H and O–H groups in total. The highest BCUT2D eigenvalue weighted by molar-refractivity contribution is 7.99. The van der Waals surface area contributed by atoms with Crippen molar-refractivity contribution in [2.45, 2.75) is 64.6 Å². The highest BCUT2D eigenvalue weighted by Gasteiger charge is 2.32. The first-order chi connectivity index (χ1) is 14.3. The Hall–Kier alpha value is -2.21. The van der Waals surface area contributed by atoms with E-state index in [0.717, 1.165) is 48.2 Å². The molecule has 2 aromatic rings. The van der Waals surface area contributed by atoms with Crippen molar-refractivity contribution in [3.05, 3.63) is 36.0 Å². The van der Waals surface area contributed by atoms with E-state index in [1.807, 2.05) is 56.1 Å². The third-order valence-corrected chi connectivity index (χ3v) is 6.87. The minimum atomic E-state index is -0.367. The number of carbonyl (C=O) groups excluding carboxylic acids is 2. The number of thioether (sulfide) groups is 1. The predicted molar refractivity (Wildman–Crippen MR) is 120 cm³/mol. The van der Waals surface area contributed by atoms with Gasteiger partial charge in [-0.1, -0.05) is 70.0 Å². The summed E-state index contributed by atoms with van der Waals surface area (Å²) >= 11 is 1.38. The third-order valence-electron chi connectivity index (χ3n) is 6.01. The maximum Gasteiger partial charge on any atom is 0.230 e. The summed E-state index contributed by atoms with van der Waals surface area (Å²) in [4.78, 5) is 36.8. The molecule has 158 valence electrons. The van der Waals surface area contributed by atoms with E-state index >= 15 is 0 Å². The van der Waals surface area contributed by atoms with Crippen LogP contribution in [0.25, 0.3) is 11.3 Å². The average molecular weight is 424 g/mol. The standard InChI is InChI=1S/C24H29N3O2S/c1-24(2,3)20(28)15-30-23-25-13-17-14-27(22(29)16-9-5-4-6-10-16)19-12-8-7-11-18(19)21(17)26-23/h7-8,11-13,16H,4-6,9-10,14-15H2,1-3H3. The Morgan fingerprint density at radius 2 is 1.87 bits per heavy atom. The molecule has 2 aliphatic rings. The molecule has 1 aliphatic carbocycles. The Morgan fingerprint density at radius 3 is 2.60 bits per heavy atom. The number of carbonyl (C=O) groups is 2. The minimum absolute atomic E-state index is 0.118. The number of hydrogen-bond acceptors (Lipinski definition) is 5. The zero-order valence-corrected chi connectivity index (χ0v) is 18.8. The fraction of sp³-hybridized carbons (Fsp3) is 0.500. The summed E-state index contributed by atoms with van der Waals surface area (Å²) in [5, 5.41) is 0.605. The van der Waals surface area contributed by atoms with Crippen molar-refractivity contribution in [3.63, 3.8) is 0 Å². The predicted octanol–water partition coefficient (Wildman–Crippen LogP) is 5.28. The Morgan fingerprint density at radius 1 is 1.13 bits per heavy atom. The van der Waals surface area contributed by atoms with Crippen LogP contribution in [0.3, 0.4) is 0 Å². The quantitative estimate of drug-likeness (QED) is 0.495. The molecule has 6 heteroatoms. The molecule has 0 atom stereocenters. The minimum Gasteiger partial charge on any atom is -0.307 e. The van der Waals surface area contributed by atoms with Crippen LogP contribution < -0.4 is 4.90 Å². The van der Waals surface area contributed by atoms with E-state index in [1.54, 1.807) is 0 Å². The van der Waals surface area contributed by atoms with Crippen molar-refractivity contribution in [2.24, 2.45) is 11.3 Å². The molecular weight excluding hydrogens is 394 g/mol. The number of nitrogens with zero attached hydrogens (tertiary/aromatic N) is 3. The number of benzene rings is 1. The van der Waals surface area contributed by atoms with E-state index in [0.29, 0.717) is 17.5 Å². The second kappa shape index (κ2) is 8.50. The lowest BCUT2D eigenvalue weighted by Crippen LogP contribution is -2.38. The number of hydrogen-bond donors (Lipinski definition) is 0. The second-order valence-corrected chi connectivity index (χ2v) is 10.2. The van der Waals surface area contributed by atoms with Gasteiger partial charge in [0.15, 0.2) is 5.16 Å². The van der Waals surface area contributed by atoms with Gasteiger partial charge in [-0.3, -0.25) is 9.59 Å². The van der Waals surface area contributed by atoms with Crippen LogP contribution in [0.15, 0.2) is 35.6 Å². The van der Waals surface area contributed by atoms with Crippen molar-refractivity contribution >= 4 is 29.1 Å². The van der Waals surface area contributed by atoms with E-state index < -0.39 is 0 Å². The van der Waals surface area contributed by atoms with Crippen molar-refractivity contribution in [2.75, 3.05) is 10.7 Å². The SMILES string of the molecule is CC(C)(C)C(=O)CSc1ncc2c(n1)-c1ccccc1N(C(=O)C1CCCCC1)C2. The molecule has 1 aromatic heterocycles. The van der Waals surface area contributed by atoms with Crippen LogP contribution >= 0.6 is 11.8 Å². The first-order valence-corrected chi connectivity index (χ1v) is 11.8. The molecular formula is C24H29N3O2S. The largest absolute Gasteiger partial charge is 0.307 e. The summed E-state index contributed by atoms with van der Waals surface area (Å²) in [5.74, 6) is 0.879. The second-order valence-electron chi connectivity index (χ2n) is 9.26. The van der Waals surface area contributed by atoms with Gasteiger partial charge < -0.3 is 4.90 Å². The number of Topliss-reactive ketones (excluding diaryl/α,β-unsaturated/α-hetero) is 1. The van der Waals surface area contributed by atoms with Crippen LogP contribution in [-0.4, -0.2) is 27.4 Å². The number of aromatic nitrogens is 2. The van der Waals surface area contributed by atoms with Crippen LogP contribution in [0.2, 0.25) is 0 Å². The van der Waals surface area contributed by atoms with E-state index in [9.17, 15) is 9.59 Å².